The molecule has 0 unspecified atom stereocenters. The summed E-state index contributed by atoms with van der Waals surface area (Å²) in [7, 11) is 0. The molecule has 0 spiro atoms. The van der Waals surface area contributed by atoms with Crippen molar-refractivity contribution in [2.75, 3.05) is 19.6 Å². The zero-order valence-electron chi connectivity index (χ0n) is 18.8. The standard InChI is InChI=1S/C23H43N3O2/c1-5-6-7-8-9-10-11-12-13-16-20-21(27)25(18-15-14-17-24)22(28)26(20)19-23(2,3)4/h16H,5-15,17-19,24H2,1-4H3/b20-16+. The molecule has 1 heterocycles. The topological polar surface area (TPSA) is 66.6 Å². The van der Waals surface area contributed by atoms with E-state index in [0.29, 0.717) is 25.3 Å². The molecule has 1 fully saturated rings. The summed E-state index contributed by atoms with van der Waals surface area (Å²) < 4.78 is 0. The van der Waals surface area contributed by atoms with Crippen LogP contribution in [0.5, 0.6) is 0 Å². The van der Waals surface area contributed by atoms with E-state index in [1.807, 2.05) is 6.08 Å². The Bertz CT molecular complexity index is 508. The van der Waals surface area contributed by atoms with Crippen LogP contribution >= 0.6 is 0 Å². The Kier molecular flexibility index (Phi) is 11.4. The first-order valence-corrected chi connectivity index (χ1v) is 11.4. The van der Waals surface area contributed by atoms with Crippen LogP contribution in [0.15, 0.2) is 11.8 Å². The van der Waals surface area contributed by atoms with Gasteiger partial charge in [0.15, 0.2) is 0 Å². The van der Waals surface area contributed by atoms with Crippen molar-refractivity contribution in [1.82, 2.24) is 9.80 Å². The fourth-order valence-corrected chi connectivity index (χ4v) is 3.54. The Morgan fingerprint density at radius 3 is 2.04 bits per heavy atom. The molecule has 5 nitrogen and oxygen atoms in total. The van der Waals surface area contributed by atoms with Crippen molar-refractivity contribution in [3.8, 4) is 0 Å². The summed E-state index contributed by atoms with van der Waals surface area (Å²) in [5.41, 5.74) is 6.07. The van der Waals surface area contributed by atoms with Gasteiger partial charge in [0, 0.05) is 13.1 Å². The van der Waals surface area contributed by atoms with Gasteiger partial charge in [-0.25, -0.2) is 4.79 Å². The number of hydrogen-bond donors (Lipinski definition) is 1. The Hall–Kier alpha value is -1.36. The molecule has 1 aliphatic rings. The molecule has 0 aromatic carbocycles. The zero-order chi connectivity index (χ0) is 21.0. The van der Waals surface area contributed by atoms with Crippen LogP contribution in [0.3, 0.4) is 0 Å². The lowest BCUT2D eigenvalue weighted by Gasteiger charge is -2.26. The first kappa shape index (κ1) is 24.7. The molecule has 0 aromatic heterocycles. The molecule has 0 radical (unpaired) electrons. The van der Waals surface area contributed by atoms with Gasteiger partial charge >= 0.3 is 6.03 Å². The third-order valence-electron chi connectivity index (χ3n) is 5.08. The molecular formula is C23H43N3O2. The Labute approximate surface area is 172 Å². The van der Waals surface area contributed by atoms with Gasteiger partial charge in [0.25, 0.3) is 5.91 Å². The maximum Gasteiger partial charge on any atom is 0.331 e. The fourth-order valence-electron chi connectivity index (χ4n) is 3.54. The molecule has 3 amide bonds. The maximum atomic E-state index is 12.8. The summed E-state index contributed by atoms with van der Waals surface area (Å²) in [5.74, 6) is -0.133. The smallest absolute Gasteiger partial charge is 0.330 e. The van der Waals surface area contributed by atoms with E-state index in [1.165, 1.54) is 49.8 Å². The van der Waals surface area contributed by atoms with E-state index in [9.17, 15) is 9.59 Å². The minimum atomic E-state index is -0.167. The lowest BCUT2D eigenvalue weighted by Crippen LogP contribution is -2.37. The predicted octanol–water partition coefficient (Wildman–Crippen LogP) is 5.45. The molecule has 0 aromatic rings. The first-order chi connectivity index (χ1) is 13.3. The molecule has 0 bridgehead atoms. The first-order valence-electron chi connectivity index (χ1n) is 11.4. The molecule has 0 saturated carbocycles. The minimum absolute atomic E-state index is 0.0548. The zero-order valence-corrected chi connectivity index (χ0v) is 18.8. The molecule has 0 atom stereocenters. The largest absolute Gasteiger partial charge is 0.331 e. The number of rotatable bonds is 14. The number of urea groups is 1. The molecule has 28 heavy (non-hydrogen) atoms. The number of amides is 3. The highest BCUT2D eigenvalue weighted by atomic mass is 16.2. The molecular weight excluding hydrogens is 350 g/mol. The van der Waals surface area contributed by atoms with Crippen LogP contribution in [0.25, 0.3) is 0 Å². The Morgan fingerprint density at radius 1 is 0.857 bits per heavy atom. The van der Waals surface area contributed by atoms with Crippen LogP contribution in [0.1, 0.15) is 98.3 Å². The second-order valence-electron chi connectivity index (χ2n) is 9.23. The van der Waals surface area contributed by atoms with Gasteiger partial charge in [0.1, 0.15) is 5.70 Å². The fraction of sp³-hybridized carbons (Fsp3) is 0.826. The molecule has 0 aliphatic carbocycles. The quantitative estimate of drug-likeness (QED) is 0.242. The SMILES string of the molecule is CCCCCCCCCC/C=C1\C(=O)N(CCCCN)C(=O)N1CC(C)(C)C. The molecule has 2 N–H and O–H groups in total. The highest BCUT2D eigenvalue weighted by Crippen LogP contribution is 2.27. The monoisotopic (exact) mass is 393 g/mol. The van der Waals surface area contributed by atoms with Crippen LogP contribution < -0.4 is 5.73 Å². The van der Waals surface area contributed by atoms with Crippen molar-refractivity contribution in [3.63, 3.8) is 0 Å². The van der Waals surface area contributed by atoms with E-state index in [0.717, 1.165) is 25.7 Å². The number of allylic oxidation sites excluding steroid dienone is 1. The Balaban J connectivity index is 2.58. The molecule has 1 aliphatic heterocycles. The van der Waals surface area contributed by atoms with Gasteiger partial charge in [-0.05, 0) is 37.6 Å². The van der Waals surface area contributed by atoms with Crippen LogP contribution in [0.2, 0.25) is 0 Å². The number of carbonyl (C=O) groups excluding carboxylic acids is 2. The summed E-state index contributed by atoms with van der Waals surface area (Å²) in [4.78, 5) is 28.7. The number of nitrogens with two attached hydrogens (primary N) is 1. The number of nitrogens with zero attached hydrogens (tertiary/aromatic N) is 2. The predicted molar refractivity (Wildman–Crippen MR) is 117 cm³/mol. The number of imide groups is 1. The number of hydrogen-bond acceptors (Lipinski definition) is 3. The van der Waals surface area contributed by atoms with Crippen molar-refractivity contribution in [2.24, 2.45) is 11.1 Å². The van der Waals surface area contributed by atoms with E-state index >= 15 is 0 Å². The third-order valence-corrected chi connectivity index (χ3v) is 5.08. The second-order valence-corrected chi connectivity index (χ2v) is 9.23. The van der Waals surface area contributed by atoms with Crippen LogP contribution in [0, 0.1) is 5.41 Å². The number of unbranched alkanes of at least 4 members (excludes halogenated alkanes) is 9. The molecule has 1 saturated heterocycles. The van der Waals surface area contributed by atoms with E-state index in [-0.39, 0.29) is 17.4 Å². The van der Waals surface area contributed by atoms with Gasteiger partial charge in [0.2, 0.25) is 0 Å². The van der Waals surface area contributed by atoms with E-state index < -0.39 is 0 Å². The Morgan fingerprint density at radius 2 is 1.46 bits per heavy atom. The van der Waals surface area contributed by atoms with Crippen LogP contribution in [-0.4, -0.2) is 41.4 Å². The van der Waals surface area contributed by atoms with E-state index in [1.54, 1.807) is 4.90 Å². The van der Waals surface area contributed by atoms with Crippen LogP contribution in [0.4, 0.5) is 4.79 Å². The summed E-state index contributed by atoms with van der Waals surface area (Å²) in [6.45, 7) is 10.1. The second kappa shape index (κ2) is 13.0. The highest BCUT2D eigenvalue weighted by Gasteiger charge is 2.41. The van der Waals surface area contributed by atoms with E-state index in [4.69, 9.17) is 5.73 Å². The van der Waals surface area contributed by atoms with Crippen molar-refractivity contribution >= 4 is 11.9 Å². The lowest BCUT2D eigenvalue weighted by molar-refractivity contribution is -0.123. The van der Waals surface area contributed by atoms with Gasteiger partial charge in [0.05, 0.1) is 0 Å². The summed E-state index contributed by atoms with van der Waals surface area (Å²) in [6.07, 6.45) is 14.6. The highest BCUT2D eigenvalue weighted by molar-refractivity contribution is 6.11. The average Bonchev–Trinajstić information content (AvgIpc) is 2.83. The van der Waals surface area contributed by atoms with Gasteiger partial charge in [-0.15, -0.1) is 0 Å². The maximum absolute atomic E-state index is 12.8. The van der Waals surface area contributed by atoms with Crippen molar-refractivity contribution in [2.45, 2.75) is 98.3 Å². The van der Waals surface area contributed by atoms with Crippen molar-refractivity contribution < 1.29 is 9.59 Å². The van der Waals surface area contributed by atoms with Gasteiger partial charge < -0.3 is 5.73 Å². The summed E-state index contributed by atoms with van der Waals surface area (Å²) >= 11 is 0. The minimum Gasteiger partial charge on any atom is -0.330 e. The van der Waals surface area contributed by atoms with Crippen molar-refractivity contribution in [3.05, 3.63) is 11.8 Å². The van der Waals surface area contributed by atoms with Crippen molar-refractivity contribution in [1.29, 1.82) is 0 Å². The van der Waals surface area contributed by atoms with Gasteiger partial charge in [-0.3, -0.25) is 14.6 Å². The van der Waals surface area contributed by atoms with Gasteiger partial charge in [-0.1, -0.05) is 78.7 Å². The lowest BCUT2D eigenvalue weighted by atomic mass is 9.96. The summed E-state index contributed by atoms with van der Waals surface area (Å²) in [5, 5.41) is 0. The number of carbonyl (C=O) groups is 2. The van der Waals surface area contributed by atoms with Gasteiger partial charge in [-0.2, -0.15) is 0 Å². The summed E-state index contributed by atoms with van der Waals surface area (Å²) in [6, 6.07) is -0.167. The molecule has 162 valence electrons. The van der Waals surface area contributed by atoms with E-state index in [2.05, 4.69) is 27.7 Å². The molecule has 5 heteroatoms. The third kappa shape index (κ3) is 8.76. The van der Waals surface area contributed by atoms with Crippen LogP contribution in [-0.2, 0) is 4.79 Å². The molecule has 1 rings (SSSR count). The average molecular weight is 394 g/mol. The normalized spacial score (nSPS) is 16.7.